The Balaban J connectivity index is 0.953. The van der Waals surface area contributed by atoms with Gasteiger partial charge in [-0.05, 0) is 50.1 Å². The number of rotatable bonds is 34. The van der Waals surface area contributed by atoms with Gasteiger partial charge in [-0.1, -0.05) is 273 Å². The van der Waals surface area contributed by atoms with Crippen LogP contribution in [0.3, 0.4) is 0 Å². The molecule has 16 heteroatoms. The van der Waals surface area contributed by atoms with Crippen LogP contribution >= 0.6 is 0 Å². The van der Waals surface area contributed by atoms with Crippen molar-refractivity contribution in [3.05, 3.63) is 323 Å². The molecule has 15 atom stereocenters. The van der Waals surface area contributed by atoms with E-state index < -0.39 is 92.1 Å². The van der Waals surface area contributed by atoms with Gasteiger partial charge in [-0.15, -0.1) is 0 Å². The van der Waals surface area contributed by atoms with E-state index in [1.807, 2.05) is 273 Å². The Hall–Kier alpha value is -7.66. The van der Waals surface area contributed by atoms with Crippen LogP contribution in [0.1, 0.15) is 50.1 Å². The molecule has 0 aliphatic carbocycles. The van der Waals surface area contributed by atoms with Crippen molar-refractivity contribution in [2.75, 3.05) is 19.8 Å². The van der Waals surface area contributed by atoms with Crippen molar-refractivity contribution < 1.29 is 76.5 Å². The summed E-state index contributed by atoms with van der Waals surface area (Å²) in [5.74, 6) is 0. The predicted molar refractivity (Wildman–Crippen MR) is 362 cm³/mol. The lowest BCUT2D eigenvalue weighted by Crippen LogP contribution is -2.68. The van der Waals surface area contributed by atoms with Gasteiger partial charge < -0.3 is 76.5 Å². The summed E-state index contributed by atoms with van der Waals surface area (Å²) in [6.07, 6.45) is -17.5. The number of benzene rings is 9. The van der Waals surface area contributed by atoms with E-state index in [0.717, 1.165) is 50.1 Å². The monoisotopic (exact) mass is 1310 g/mol. The molecule has 3 heterocycles. The van der Waals surface area contributed by atoms with Crippen LogP contribution in [0.25, 0.3) is 0 Å². The Morgan fingerprint density at radius 3 is 0.804 bits per heavy atom. The van der Waals surface area contributed by atoms with E-state index in [4.69, 9.17) is 66.3 Å². The molecule has 3 aliphatic heterocycles. The molecule has 506 valence electrons. The molecule has 3 fully saturated rings. The molecule has 0 spiro atoms. The van der Waals surface area contributed by atoms with Crippen LogP contribution in [-0.2, 0) is 126 Å². The Kier molecular flexibility index (Phi) is 26.3. The minimum atomic E-state index is -1.51. The van der Waals surface area contributed by atoms with E-state index in [-0.39, 0.29) is 79.3 Å². The highest BCUT2D eigenvalue weighted by Crippen LogP contribution is 2.39. The largest absolute Gasteiger partial charge is 0.387 e. The highest BCUT2D eigenvalue weighted by atomic mass is 16.8. The first kappa shape index (κ1) is 69.2. The lowest BCUT2D eigenvalue weighted by atomic mass is 9.95. The molecule has 0 unspecified atom stereocenters. The Morgan fingerprint density at radius 2 is 0.464 bits per heavy atom. The average Bonchev–Trinajstić information content (AvgIpc) is 0.779. The zero-order valence-corrected chi connectivity index (χ0v) is 54.2. The van der Waals surface area contributed by atoms with Gasteiger partial charge >= 0.3 is 0 Å². The molecule has 9 aromatic carbocycles. The third kappa shape index (κ3) is 20.2. The summed E-state index contributed by atoms with van der Waals surface area (Å²) in [4.78, 5) is 0. The minimum Gasteiger partial charge on any atom is -0.387 e. The fourth-order valence-corrected chi connectivity index (χ4v) is 12.2. The first-order chi connectivity index (χ1) is 47.9. The van der Waals surface area contributed by atoms with E-state index in [2.05, 4.69) is 0 Å². The number of hydrogen-bond donors (Lipinski definition) is 2. The molecule has 3 aliphatic rings. The average molecular weight is 1320 g/mol. The Labute approximate surface area is 568 Å². The number of ether oxygens (including phenoxy) is 14. The van der Waals surface area contributed by atoms with Crippen LogP contribution in [0.2, 0.25) is 0 Å². The van der Waals surface area contributed by atoms with Crippen LogP contribution in [0.5, 0.6) is 0 Å². The third-order valence-corrected chi connectivity index (χ3v) is 17.3. The lowest BCUT2D eigenvalue weighted by Gasteiger charge is -2.51. The highest BCUT2D eigenvalue weighted by Gasteiger charge is 2.57. The fraction of sp³-hybridized carbons (Fsp3) is 0.333. The SMILES string of the molecule is O[C@@H]1[C@H](O[C@H]2O[C@H](COCc3ccccc3)[C@@H](OCc3ccccc3)[C@H](OCc3ccccc3)[C@H]2OCc2ccccc2)[C@@H](OCc2ccccc2)[C@H](O[C@H]2[C@H](OCc3ccccc3)[C@@H](OCc3ccccc3)[C@H](O)O[C@@H]2COCc2ccccc2)O[C@@H]1COCc1ccccc1. The van der Waals surface area contributed by atoms with Crippen LogP contribution in [0.15, 0.2) is 273 Å². The standard InChI is InChI=1S/C81H86O16/c82-70-67(55-84-46-58-28-10-1-11-29-58)94-80(96-72-69(57-86-48-60-32-14-3-15-33-60)93-79(83)76(90-52-64-40-22-7-23-41-64)75(72)89-51-63-38-20-6-21-39-63)77(91-53-65-42-24-8-25-43-65)73(70)97-81-78(92-54-66-44-26-9-27-45-66)74(88-50-62-36-18-5-19-37-62)71(87-49-61-34-16-4-17-35-61)68(95-81)56-85-47-59-30-12-2-13-31-59/h1-45,67-83H,46-57H2/t67-,68-,69-,70+,71-,72-,73+,74+,75+,76-,77-,78-,79-,80+,81-/m1/s1. The molecule has 12 rings (SSSR count). The summed E-state index contributed by atoms with van der Waals surface area (Å²) >= 11 is 0. The van der Waals surface area contributed by atoms with Crippen LogP contribution in [0, 0.1) is 0 Å². The molecule has 2 N–H and O–H groups in total. The van der Waals surface area contributed by atoms with Crippen molar-refractivity contribution in [3.8, 4) is 0 Å². The summed E-state index contributed by atoms with van der Waals surface area (Å²) < 4.78 is 98.1. The van der Waals surface area contributed by atoms with Gasteiger partial charge in [-0.3, -0.25) is 0 Å². The van der Waals surface area contributed by atoms with Crippen molar-refractivity contribution in [2.45, 2.75) is 152 Å². The van der Waals surface area contributed by atoms with E-state index in [9.17, 15) is 10.2 Å². The van der Waals surface area contributed by atoms with E-state index in [0.29, 0.717) is 0 Å². The molecule has 0 radical (unpaired) electrons. The number of aliphatic hydroxyl groups is 2. The summed E-state index contributed by atoms with van der Waals surface area (Å²) in [6.45, 7) is 1.25. The Morgan fingerprint density at radius 1 is 0.227 bits per heavy atom. The van der Waals surface area contributed by atoms with Gasteiger partial charge in [-0.25, -0.2) is 0 Å². The quantitative estimate of drug-likeness (QED) is 0.0390. The maximum absolute atomic E-state index is 13.4. The first-order valence-electron chi connectivity index (χ1n) is 33.4. The van der Waals surface area contributed by atoms with Gasteiger partial charge in [-0.2, -0.15) is 0 Å². The Bertz CT molecular complexity index is 3600. The molecule has 16 nitrogen and oxygen atoms in total. The zero-order valence-electron chi connectivity index (χ0n) is 54.2. The normalized spacial score (nSPS) is 25.7. The molecule has 9 aromatic rings. The molecule has 0 aromatic heterocycles. The zero-order chi connectivity index (χ0) is 66.1. The molecule has 0 saturated carbocycles. The van der Waals surface area contributed by atoms with Crippen LogP contribution in [0.4, 0.5) is 0 Å². The summed E-state index contributed by atoms with van der Waals surface area (Å²) in [7, 11) is 0. The summed E-state index contributed by atoms with van der Waals surface area (Å²) in [5, 5.41) is 25.7. The summed E-state index contributed by atoms with van der Waals surface area (Å²) in [5.41, 5.74) is 8.09. The molecular weight excluding hydrogens is 1230 g/mol. The van der Waals surface area contributed by atoms with Crippen molar-refractivity contribution in [1.82, 2.24) is 0 Å². The smallest absolute Gasteiger partial charge is 0.187 e. The van der Waals surface area contributed by atoms with Crippen LogP contribution in [-0.4, -0.2) is 122 Å². The van der Waals surface area contributed by atoms with Crippen LogP contribution < -0.4 is 0 Å². The van der Waals surface area contributed by atoms with E-state index in [1.54, 1.807) is 0 Å². The van der Waals surface area contributed by atoms with Crippen molar-refractivity contribution in [2.24, 2.45) is 0 Å². The predicted octanol–water partition coefficient (Wildman–Crippen LogP) is 12.4. The number of hydrogen-bond acceptors (Lipinski definition) is 16. The third-order valence-electron chi connectivity index (χ3n) is 17.3. The topological polar surface area (TPSA) is 170 Å². The van der Waals surface area contributed by atoms with Gasteiger partial charge in [0.1, 0.15) is 73.2 Å². The fourth-order valence-electron chi connectivity index (χ4n) is 12.2. The van der Waals surface area contributed by atoms with E-state index >= 15 is 0 Å². The van der Waals surface area contributed by atoms with Crippen molar-refractivity contribution >= 4 is 0 Å². The molecule has 0 amide bonds. The van der Waals surface area contributed by atoms with Gasteiger partial charge in [0.25, 0.3) is 0 Å². The molecule has 97 heavy (non-hydrogen) atoms. The maximum atomic E-state index is 13.4. The molecule has 3 saturated heterocycles. The second kappa shape index (κ2) is 36.8. The minimum absolute atomic E-state index is 0.0182. The summed E-state index contributed by atoms with van der Waals surface area (Å²) in [6, 6.07) is 88.3. The molecule has 0 bridgehead atoms. The molecular formula is C81H86O16. The van der Waals surface area contributed by atoms with Gasteiger partial charge in [0.05, 0.1) is 79.3 Å². The van der Waals surface area contributed by atoms with Gasteiger partial charge in [0, 0.05) is 0 Å². The van der Waals surface area contributed by atoms with Gasteiger partial charge in [0.2, 0.25) is 0 Å². The second-order valence-electron chi connectivity index (χ2n) is 24.4. The second-order valence-corrected chi connectivity index (χ2v) is 24.4. The first-order valence-corrected chi connectivity index (χ1v) is 33.4. The lowest BCUT2D eigenvalue weighted by molar-refractivity contribution is -0.392. The van der Waals surface area contributed by atoms with E-state index in [1.165, 1.54) is 0 Å². The van der Waals surface area contributed by atoms with Crippen molar-refractivity contribution in [1.29, 1.82) is 0 Å². The van der Waals surface area contributed by atoms with Crippen molar-refractivity contribution in [3.63, 3.8) is 0 Å². The highest BCUT2D eigenvalue weighted by molar-refractivity contribution is 5.21. The maximum Gasteiger partial charge on any atom is 0.187 e. The van der Waals surface area contributed by atoms with Gasteiger partial charge in [0.15, 0.2) is 18.9 Å². The number of aliphatic hydroxyl groups excluding tert-OH is 2.